The maximum atomic E-state index is 13.2. The number of carbonyl (C=O) groups excluding carboxylic acids is 1. The second-order valence-electron chi connectivity index (χ2n) is 8.71. The Morgan fingerprint density at radius 1 is 1.31 bits per heavy atom. The minimum absolute atomic E-state index is 0.256. The SMILES string of the molecule is COc1n[nH]c2ncc(N3CC[C@@H]4[C@@H](C3)OCCN4C(=O)Nc3cc(C(F)(F)F)cn(C)c3=O)cc12. The Hall–Kier alpha value is -3.81. The van der Waals surface area contributed by atoms with Crippen LogP contribution in [-0.4, -0.2) is 76.2 Å². The zero-order chi connectivity index (χ0) is 25.6. The first-order valence-corrected chi connectivity index (χ1v) is 11.3. The maximum Gasteiger partial charge on any atom is 0.417 e. The Bertz CT molecular complexity index is 1360. The van der Waals surface area contributed by atoms with Gasteiger partial charge in [0.15, 0.2) is 5.65 Å². The van der Waals surface area contributed by atoms with E-state index in [1.54, 1.807) is 6.20 Å². The first-order chi connectivity index (χ1) is 17.2. The number of alkyl halides is 3. The van der Waals surface area contributed by atoms with E-state index in [4.69, 9.17) is 9.47 Å². The van der Waals surface area contributed by atoms with Gasteiger partial charge in [-0.3, -0.25) is 9.89 Å². The Kier molecular flexibility index (Phi) is 5.98. The van der Waals surface area contributed by atoms with Gasteiger partial charge in [-0.05, 0) is 18.6 Å². The standard InChI is InChI=1S/C22H24F3N7O4/c1-30-10-12(22(23,24)25)7-15(20(30)33)27-21(34)32-5-6-36-17-11-31(4-3-16(17)32)13-8-14-18(26-9-13)28-29-19(14)35-2/h7-10,16-17H,3-6,11H2,1-2H3,(H,27,34)(H,26,28,29)/t16-,17-/m1/s1. The van der Waals surface area contributed by atoms with Crippen LogP contribution in [-0.2, 0) is 18.0 Å². The summed E-state index contributed by atoms with van der Waals surface area (Å²) < 4.78 is 51.6. The van der Waals surface area contributed by atoms with Crippen LogP contribution in [0.5, 0.6) is 5.88 Å². The molecule has 2 aliphatic rings. The highest BCUT2D eigenvalue weighted by molar-refractivity contribution is 5.89. The lowest BCUT2D eigenvalue weighted by molar-refractivity contribution is -0.138. The highest BCUT2D eigenvalue weighted by atomic mass is 19.4. The summed E-state index contributed by atoms with van der Waals surface area (Å²) in [5.41, 5.74) is -0.728. The van der Waals surface area contributed by atoms with E-state index in [1.165, 1.54) is 19.1 Å². The van der Waals surface area contributed by atoms with Crippen LogP contribution < -0.4 is 20.5 Å². The number of pyridine rings is 2. The molecule has 3 aromatic heterocycles. The van der Waals surface area contributed by atoms with E-state index in [0.717, 1.165) is 15.6 Å². The number of H-pyrrole nitrogens is 1. The number of carbonyl (C=O) groups is 1. The predicted molar refractivity (Wildman–Crippen MR) is 123 cm³/mol. The van der Waals surface area contributed by atoms with Gasteiger partial charge in [0.1, 0.15) is 5.69 Å². The van der Waals surface area contributed by atoms with Crippen LogP contribution in [0.2, 0.25) is 0 Å². The number of morpholine rings is 1. The number of halogens is 3. The number of urea groups is 1. The zero-order valence-corrected chi connectivity index (χ0v) is 19.5. The normalized spacial score (nSPS) is 20.4. The number of amides is 2. The number of ether oxygens (including phenoxy) is 2. The molecule has 2 saturated heterocycles. The van der Waals surface area contributed by atoms with Crippen LogP contribution in [0, 0.1) is 0 Å². The molecule has 2 aliphatic heterocycles. The number of fused-ring (bicyclic) bond motifs is 2. The van der Waals surface area contributed by atoms with Gasteiger partial charge in [0.25, 0.3) is 5.56 Å². The monoisotopic (exact) mass is 507 g/mol. The molecule has 2 fully saturated rings. The van der Waals surface area contributed by atoms with Crippen LogP contribution in [0.3, 0.4) is 0 Å². The Balaban J connectivity index is 1.32. The van der Waals surface area contributed by atoms with Crippen molar-refractivity contribution in [2.75, 3.05) is 43.6 Å². The fourth-order valence-electron chi connectivity index (χ4n) is 4.72. The third-order valence-electron chi connectivity index (χ3n) is 6.53. The summed E-state index contributed by atoms with van der Waals surface area (Å²) in [4.78, 5) is 33.5. The van der Waals surface area contributed by atoms with E-state index in [-0.39, 0.29) is 25.3 Å². The molecule has 0 radical (unpaired) electrons. The van der Waals surface area contributed by atoms with Gasteiger partial charge in [-0.25, -0.2) is 9.78 Å². The number of aromatic nitrogens is 4. The topological polar surface area (TPSA) is 118 Å². The van der Waals surface area contributed by atoms with E-state index < -0.39 is 29.0 Å². The molecule has 11 nitrogen and oxygen atoms in total. The minimum Gasteiger partial charge on any atom is -0.479 e. The molecular formula is C22H24F3N7O4. The summed E-state index contributed by atoms with van der Waals surface area (Å²) in [7, 11) is 2.73. The molecule has 0 saturated carbocycles. The van der Waals surface area contributed by atoms with Crippen molar-refractivity contribution in [2.24, 2.45) is 7.05 Å². The van der Waals surface area contributed by atoms with Crippen molar-refractivity contribution in [2.45, 2.75) is 24.7 Å². The number of aromatic amines is 1. The molecule has 2 atom stereocenters. The first kappa shape index (κ1) is 23.9. The van der Waals surface area contributed by atoms with Gasteiger partial charge in [0.2, 0.25) is 5.88 Å². The van der Waals surface area contributed by atoms with Crippen molar-refractivity contribution in [3.05, 3.63) is 40.4 Å². The van der Waals surface area contributed by atoms with E-state index >= 15 is 0 Å². The van der Waals surface area contributed by atoms with Crippen LogP contribution in [0.4, 0.5) is 29.3 Å². The van der Waals surface area contributed by atoms with Gasteiger partial charge in [-0.15, -0.1) is 5.10 Å². The number of methoxy groups -OCH3 is 1. The van der Waals surface area contributed by atoms with Crippen LogP contribution >= 0.6 is 0 Å². The molecule has 0 unspecified atom stereocenters. The molecule has 3 aromatic rings. The van der Waals surface area contributed by atoms with Gasteiger partial charge in [0, 0.05) is 32.9 Å². The summed E-state index contributed by atoms with van der Waals surface area (Å²) >= 11 is 0. The summed E-state index contributed by atoms with van der Waals surface area (Å²) in [5, 5.41) is 10.0. The third kappa shape index (κ3) is 4.32. The number of piperidine rings is 1. The van der Waals surface area contributed by atoms with E-state index in [1.807, 2.05) is 6.07 Å². The highest BCUT2D eigenvalue weighted by Crippen LogP contribution is 2.32. The van der Waals surface area contributed by atoms with Crippen molar-refractivity contribution in [3.63, 3.8) is 0 Å². The molecule has 5 rings (SSSR count). The molecular weight excluding hydrogens is 483 g/mol. The highest BCUT2D eigenvalue weighted by Gasteiger charge is 2.40. The second kappa shape index (κ2) is 9.00. The molecule has 36 heavy (non-hydrogen) atoms. The lowest BCUT2D eigenvalue weighted by Gasteiger charge is -2.47. The first-order valence-electron chi connectivity index (χ1n) is 11.3. The van der Waals surface area contributed by atoms with Gasteiger partial charge in [0.05, 0.1) is 48.7 Å². The Morgan fingerprint density at radius 2 is 2.11 bits per heavy atom. The van der Waals surface area contributed by atoms with Crippen LogP contribution in [0.25, 0.3) is 11.0 Å². The van der Waals surface area contributed by atoms with E-state index in [2.05, 4.69) is 25.4 Å². The average molecular weight is 507 g/mol. The molecule has 2 N–H and O–H groups in total. The summed E-state index contributed by atoms with van der Waals surface area (Å²) in [6.07, 6.45) is -2.01. The molecule has 14 heteroatoms. The van der Waals surface area contributed by atoms with Crippen molar-refractivity contribution in [1.29, 1.82) is 0 Å². The van der Waals surface area contributed by atoms with Crippen molar-refractivity contribution in [3.8, 4) is 5.88 Å². The minimum atomic E-state index is -4.65. The van der Waals surface area contributed by atoms with Crippen molar-refractivity contribution >= 4 is 28.4 Å². The Morgan fingerprint density at radius 3 is 2.86 bits per heavy atom. The number of anilines is 2. The predicted octanol–water partition coefficient (Wildman–Crippen LogP) is 2.20. The second-order valence-corrected chi connectivity index (χ2v) is 8.71. The molecule has 2 amide bonds. The average Bonchev–Trinajstić information content (AvgIpc) is 3.27. The smallest absolute Gasteiger partial charge is 0.417 e. The lowest BCUT2D eigenvalue weighted by Crippen LogP contribution is -2.61. The van der Waals surface area contributed by atoms with E-state index in [9.17, 15) is 22.8 Å². The number of nitrogens with zero attached hydrogens (tertiary/aromatic N) is 5. The maximum absolute atomic E-state index is 13.2. The van der Waals surface area contributed by atoms with Crippen molar-refractivity contribution in [1.82, 2.24) is 24.6 Å². The van der Waals surface area contributed by atoms with Gasteiger partial charge >= 0.3 is 12.2 Å². The number of aryl methyl sites for hydroxylation is 1. The molecule has 0 aromatic carbocycles. The quantitative estimate of drug-likeness (QED) is 0.558. The fourth-order valence-corrected chi connectivity index (χ4v) is 4.72. The lowest BCUT2D eigenvalue weighted by atomic mass is 9.98. The Labute approximate surface area is 202 Å². The summed E-state index contributed by atoms with van der Waals surface area (Å²) in [5.74, 6) is 0.437. The van der Waals surface area contributed by atoms with Crippen LogP contribution in [0.1, 0.15) is 12.0 Å². The van der Waals surface area contributed by atoms with Gasteiger partial charge in [-0.1, -0.05) is 0 Å². The summed E-state index contributed by atoms with van der Waals surface area (Å²) in [6.45, 7) is 1.59. The molecule has 0 spiro atoms. The molecule has 0 bridgehead atoms. The van der Waals surface area contributed by atoms with Gasteiger partial charge < -0.3 is 29.2 Å². The number of hydrogen-bond donors (Lipinski definition) is 2. The number of hydrogen-bond acceptors (Lipinski definition) is 7. The van der Waals surface area contributed by atoms with Gasteiger partial charge in [-0.2, -0.15) is 13.2 Å². The molecule has 0 aliphatic carbocycles. The van der Waals surface area contributed by atoms with Crippen molar-refractivity contribution < 1.29 is 27.4 Å². The molecule has 5 heterocycles. The molecule has 192 valence electrons. The summed E-state index contributed by atoms with van der Waals surface area (Å²) in [6, 6.07) is 1.64. The zero-order valence-electron chi connectivity index (χ0n) is 19.5. The third-order valence-corrected chi connectivity index (χ3v) is 6.53. The van der Waals surface area contributed by atoms with Crippen LogP contribution in [0.15, 0.2) is 29.3 Å². The number of rotatable bonds is 3. The van der Waals surface area contributed by atoms with E-state index in [0.29, 0.717) is 43.3 Å². The number of nitrogens with one attached hydrogen (secondary N) is 2. The largest absolute Gasteiger partial charge is 0.479 e. The fraction of sp³-hybridized carbons (Fsp3) is 0.455.